The first-order chi connectivity index (χ1) is 13.9. The number of hydrazine groups is 1. The average molecular weight is 435 g/mol. The van der Waals surface area contributed by atoms with E-state index < -0.39 is 5.91 Å². The normalized spacial score (nSPS) is 14.7. The van der Waals surface area contributed by atoms with E-state index >= 15 is 0 Å². The van der Waals surface area contributed by atoms with Crippen LogP contribution in [-0.2, 0) is 4.79 Å². The van der Waals surface area contributed by atoms with Gasteiger partial charge >= 0.3 is 0 Å². The highest BCUT2D eigenvalue weighted by molar-refractivity contribution is 6.31. The predicted octanol–water partition coefficient (Wildman–Crippen LogP) is 5.03. The number of halogens is 2. The standard InChI is InChI=1S/C21H24Cl2N4O2/c1-26(2)27(21(29)14-6-4-3-5-7-14)18-10-8-15(22)12-17(18)20(28)25-19-11-9-16(23)13-24-19/h8-14H,3-7H2,1-2H3,(H,24,25,28). The Balaban J connectivity index is 1.93. The maximum absolute atomic E-state index is 13.3. The van der Waals surface area contributed by atoms with E-state index in [1.54, 1.807) is 54.4 Å². The highest BCUT2D eigenvalue weighted by atomic mass is 35.5. The van der Waals surface area contributed by atoms with Crippen molar-refractivity contribution < 1.29 is 9.59 Å². The van der Waals surface area contributed by atoms with Gasteiger partial charge in [-0.1, -0.05) is 42.5 Å². The zero-order valence-corrected chi connectivity index (χ0v) is 18.0. The van der Waals surface area contributed by atoms with Crippen LogP contribution in [0.2, 0.25) is 10.0 Å². The Morgan fingerprint density at radius 3 is 2.34 bits per heavy atom. The van der Waals surface area contributed by atoms with Gasteiger partial charge in [0.05, 0.1) is 16.3 Å². The van der Waals surface area contributed by atoms with E-state index in [0.29, 0.717) is 27.1 Å². The Hall–Kier alpha value is -2.15. The number of hydrogen-bond acceptors (Lipinski definition) is 4. The third kappa shape index (κ3) is 5.26. The number of anilines is 2. The van der Waals surface area contributed by atoms with E-state index in [1.165, 1.54) is 6.20 Å². The van der Waals surface area contributed by atoms with Crippen LogP contribution < -0.4 is 10.3 Å². The summed E-state index contributed by atoms with van der Waals surface area (Å²) < 4.78 is 0. The van der Waals surface area contributed by atoms with Gasteiger partial charge in [0.2, 0.25) is 5.91 Å². The second kappa shape index (κ2) is 9.57. The summed E-state index contributed by atoms with van der Waals surface area (Å²) in [6.45, 7) is 0. The number of amides is 2. The molecular weight excluding hydrogens is 411 g/mol. The van der Waals surface area contributed by atoms with Crippen LogP contribution in [0, 0.1) is 5.92 Å². The number of aromatic nitrogens is 1. The fourth-order valence-electron chi connectivity index (χ4n) is 3.56. The highest BCUT2D eigenvalue weighted by Gasteiger charge is 2.31. The molecule has 0 bridgehead atoms. The summed E-state index contributed by atoms with van der Waals surface area (Å²) in [7, 11) is 3.58. The maximum Gasteiger partial charge on any atom is 0.259 e. The molecule has 29 heavy (non-hydrogen) atoms. The van der Waals surface area contributed by atoms with E-state index in [4.69, 9.17) is 23.2 Å². The number of carbonyl (C=O) groups excluding carboxylic acids is 2. The van der Waals surface area contributed by atoms with Crippen LogP contribution in [0.1, 0.15) is 42.5 Å². The van der Waals surface area contributed by atoms with E-state index in [2.05, 4.69) is 10.3 Å². The first-order valence-electron chi connectivity index (χ1n) is 9.60. The lowest BCUT2D eigenvalue weighted by Gasteiger charge is -2.34. The van der Waals surface area contributed by atoms with E-state index in [9.17, 15) is 9.59 Å². The van der Waals surface area contributed by atoms with E-state index in [-0.39, 0.29) is 11.8 Å². The largest absolute Gasteiger partial charge is 0.306 e. The Morgan fingerprint density at radius 1 is 1.03 bits per heavy atom. The molecule has 6 nitrogen and oxygen atoms in total. The number of pyridine rings is 1. The molecule has 0 unspecified atom stereocenters. The Morgan fingerprint density at radius 2 is 1.72 bits per heavy atom. The highest BCUT2D eigenvalue weighted by Crippen LogP contribution is 2.31. The molecule has 2 aromatic rings. The zero-order valence-electron chi connectivity index (χ0n) is 16.5. The lowest BCUT2D eigenvalue weighted by Crippen LogP contribution is -2.46. The van der Waals surface area contributed by atoms with Gasteiger partial charge in [0.1, 0.15) is 5.82 Å². The first-order valence-corrected chi connectivity index (χ1v) is 10.4. The van der Waals surface area contributed by atoms with Crippen LogP contribution in [-0.4, -0.2) is 35.9 Å². The topological polar surface area (TPSA) is 65.5 Å². The van der Waals surface area contributed by atoms with Crippen molar-refractivity contribution in [2.24, 2.45) is 5.92 Å². The van der Waals surface area contributed by atoms with Crippen molar-refractivity contribution in [2.45, 2.75) is 32.1 Å². The minimum atomic E-state index is -0.402. The minimum absolute atomic E-state index is 0.00399. The monoisotopic (exact) mass is 434 g/mol. The molecule has 154 valence electrons. The Bertz CT molecular complexity index is 881. The third-order valence-electron chi connectivity index (χ3n) is 4.96. The van der Waals surface area contributed by atoms with Crippen LogP contribution in [0.15, 0.2) is 36.5 Å². The van der Waals surface area contributed by atoms with Crippen LogP contribution in [0.4, 0.5) is 11.5 Å². The average Bonchev–Trinajstić information content (AvgIpc) is 2.71. The van der Waals surface area contributed by atoms with Gasteiger partial charge in [-0.3, -0.25) is 9.59 Å². The molecule has 1 N–H and O–H groups in total. The predicted molar refractivity (Wildman–Crippen MR) is 116 cm³/mol. The van der Waals surface area contributed by atoms with Crippen molar-refractivity contribution in [3.8, 4) is 0 Å². The molecule has 1 aliphatic rings. The van der Waals surface area contributed by atoms with E-state index in [0.717, 1.165) is 32.1 Å². The summed E-state index contributed by atoms with van der Waals surface area (Å²) in [5.74, 6) is -0.0905. The number of nitrogens with one attached hydrogen (secondary N) is 1. The van der Waals surface area contributed by atoms with Crippen molar-refractivity contribution >= 4 is 46.5 Å². The molecule has 0 saturated heterocycles. The lowest BCUT2D eigenvalue weighted by atomic mass is 9.88. The van der Waals surface area contributed by atoms with Crippen molar-refractivity contribution in [1.29, 1.82) is 0 Å². The second-order valence-electron chi connectivity index (χ2n) is 7.31. The smallest absolute Gasteiger partial charge is 0.259 e. The Labute approximate surface area is 180 Å². The molecule has 0 atom stereocenters. The zero-order chi connectivity index (χ0) is 21.0. The van der Waals surface area contributed by atoms with Crippen molar-refractivity contribution in [1.82, 2.24) is 9.99 Å². The molecule has 1 fully saturated rings. The lowest BCUT2D eigenvalue weighted by molar-refractivity contribution is -0.125. The van der Waals surface area contributed by atoms with Crippen LogP contribution in [0.5, 0.6) is 0 Å². The van der Waals surface area contributed by atoms with E-state index in [1.807, 2.05) is 0 Å². The molecule has 2 amide bonds. The molecule has 0 spiro atoms. The summed E-state index contributed by atoms with van der Waals surface area (Å²) in [5.41, 5.74) is 0.786. The minimum Gasteiger partial charge on any atom is -0.306 e. The second-order valence-corrected chi connectivity index (χ2v) is 8.18. The summed E-state index contributed by atoms with van der Waals surface area (Å²) in [6, 6.07) is 8.20. The fourth-order valence-corrected chi connectivity index (χ4v) is 3.85. The number of hydrogen-bond donors (Lipinski definition) is 1. The molecule has 1 heterocycles. The van der Waals surface area contributed by atoms with Crippen LogP contribution in [0.3, 0.4) is 0 Å². The molecule has 1 aliphatic carbocycles. The van der Waals surface area contributed by atoms with Crippen LogP contribution >= 0.6 is 23.2 Å². The van der Waals surface area contributed by atoms with Gasteiger partial charge in [0.15, 0.2) is 0 Å². The summed E-state index contributed by atoms with van der Waals surface area (Å²) in [4.78, 5) is 30.4. The molecule has 0 aliphatic heterocycles. The van der Waals surface area contributed by atoms with Crippen molar-refractivity contribution in [2.75, 3.05) is 24.4 Å². The number of rotatable bonds is 5. The van der Waals surface area contributed by atoms with Gasteiger partial charge in [0.25, 0.3) is 5.91 Å². The molecule has 0 radical (unpaired) electrons. The number of nitrogens with zero attached hydrogens (tertiary/aromatic N) is 3. The number of benzene rings is 1. The third-order valence-corrected chi connectivity index (χ3v) is 5.42. The summed E-state index contributed by atoms with van der Waals surface area (Å²) >= 11 is 12.0. The molecular formula is C21H24Cl2N4O2. The first kappa shape index (κ1) is 21.6. The van der Waals surface area contributed by atoms with Gasteiger partial charge in [-0.2, -0.15) is 0 Å². The SMILES string of the molecule is CN(C)N(C(=O)C1CCCCC1)c1ccc(Cl)cc1C(=O)Nc1ccc(Cl)cn1. The van der Waals surface area contributed by atoms with Gasteiger partial charge in [-0.15, -0.1) is 0 Å². The molecule has 1 aromatic carbocycles. The van der Waals surface area contributed by atoms with Crippen molar-refractivity contribution in [3.63, 3.8) is 0 Å². The van der Waals surface area contributed by atoms with Gasteiger partial charge in [-0.25, -0.2) is 15.0 Å². The van der Waals surface area contributed by atoms with Crippen molar-refractivity contribution in [3.05, 3.63) is 52.1 Å². The quantitative estimate of drug-likeness (QED) is 0.669. The molecule has 8 heteroatoms. The van der Waals surface area contributed by atoms with Gasteiger partial charge in [-0.05, 0) is 43.2 Å². The molecule has 1 aromatic heterocycles. The fraction of sp³-hybridized carbons (Fsp3) is 0.381. The summed E-state index contributed by atoms with van der Waals surface area (Å²) in [6.07, 6.45) is 6.45. The van der Waals surface area contributed by atoms with Gasteiger partial charge < -0.3 is 5.32 Å². The van der Waals surface area contributed by atoms with Gasteiger partial charge in [0, 0.05) is 31.2 Å². The molecule has 1 saturated carbocycles. The number of carbonyl (C=O) groups is 2. The Kier molecular flexibility index (Phi) is 7.11. The van der Waals surface area contributed by atoms with Crippen LogP contribution in [0.25, 0.3) is 0 Å². The summed E-state index contributed by atoms with van der Waals surface area (Å²) in [5, 5.41) is 6.90. The maximum atomic E-state index is 13.3. The molecule has 3 rings (SSSR count).